The molecule has 0 atom stereocenters. The lowest BCUT2D eigenvalue weighted by Crippen LogP contribution is -2.22. The number of hydrogen-bond acceptors (Lipinski definition) is 4. The van der Waals surface area contributed by atoms with Crippen molar-refractivity contribution in [2.45, 2.75) is 33.2 Å². The number of ether oxygens (including phenoxy) is 1. The first-order valence-corrected chi connectivity index (χ1v) is 8.00. The van der Waals surface area contributed by atoms with Gasteiger partial charge in [-0.2, -0.15) is 0 Å². The predicted molar refractivity (Wildman–Crippen MR) is 88.4 cm³/mol. The molecule has 0 aromatic carbocycles. The Hall–Kier alpha value is -1.88. The quantitative estimate of drug-likeness (QED) is 0.943. The molecule has 2 aromatic rings. The number of aryl methyl sites for hydroxylation is 2. The Morgan fingerprint density at radius 3 is 2.91 bits per heavy atom. The summed E-state index contributed by atoms with van der Waals surface area (Å²) in [6.45, 7) is 7.33. The monoisotopic (exact) mass is 301 g/mol. The summed E-state index contributed by atoms with van der Waals surface area (Å²) in [6, 6.07) is 1.93. The highest BCUT2D eigenvalue weighted by atomic mass is 16.5. The zero-order chi connectivity index (χ0) is 15.5. The van der Waals surface area contributed by atoms with Crippen LogP contribution in [0.15, 0.2) is 23.3 Å². The maximum atomic E-state index is 12.4. The Kier molecular flexibility index (Phi) is 4.43. The fourth-order valence-electron chi connectivity index (χ4n) is 2.97. The van der Waals surface area contributed by atoms with Crippen molar-refractivity contribution in [2.24, 2.45) is 5.92 Å². The minimum Gasteiger partial charge on any atom is -0.383 e. The van der Waals surface area contributed by atoms with Crippen LogP contribution in [-0.4, -0.2) is 29.3 Å². The van der Waals surface area contributed by atoms with Crippen molar-refractivity contribution in [3.8, 4) is 0 Å². The van der Waals surface area contributed by atoms with Gasteiger partial charge < -0.3 is 14.6 Å². The third-order valence-corrected chi connectivity index (χ3v) is 4.37. The topological polar surface area (TPSA) is 56.2 Å². The van der Waals surface area contributed by atoms with Crippen molar-refractivity contribution < 1.29 is 4.74 Å². The van der Waals surface area contributed by atoms with Gasteiger partial charge in [-0.1, -0.05) is 0 Å². The fourth-order valence-corrected chi connectivity index (χ4v) is 2.97. The van der Waals surface area contributed by atoms with Gasteiger partial charge in [0.2, 0.25) is 0 Å². The summed E-state index contributed by atoms with van der Waals surface area (Å²) in [5.74, 6) is 0.634. The molecule has 0 unspecified atom stereocenters. The second-order valence-electron chi connectivity index (χ2n) is 5.96. The van der Waals surface area contributed by atoms with E-state index in [-0.39, 0.29) is 5.43 Å². The van der Waals surface area contributed by atoms with Crippen molar-refractivity contribution in [1.29, 1.82) is 0 Å². The molecule has 3 heterocycles. The van der Waals surface area contributed by atoms with E-state index in [2.05, 4.69) is 17.2 Å². The highest BCUT2D eigenvalue weighted by Crippen LogP contribution is 2.18. The first-order valence-electron chi connectivity index (χ1n) is 8.00. The number of fused-ring (bicyclic) bond motifs is 1. The van der Waals surface area contributed by atoms with E-state index < -0.39 is 0 Å². The molecule has 1 aliphatic rings. The van der Waals surface area contributed by atoms with Crippen molar-refractivity contribution in [2.75, 3.05) is 25.1 Å². The van der Waals surface area contributed by atoms with Gasteiger partial charge in [0.25, 0.3) is 0 Å². The van der Waals surface area contributed by atoms with Crippen LogP contribution in [0.1, 0.15) is 25.3 Å². The summed E-state index contributed by atoms with van der Waals surface area (Å²) in [5, 5.41) is 4.12. The zero-order valence-electron chi connectivity index (χ0n) is 13.3. The van der Waals surface area contributed by atoms with Crippen LogP contribution in [0.5, 0.6) is 0 Å². The molecule has 0 radical (unpaired) electrons. The Balaban J connectivity index is 1.85. The van der Waals surface area contributed by atoms with E-state index in [1.54, 1.807) is 0 Å². The Labute approximate surface area is 130 Å². The van der Waals surface area contributed by atoms with E-state index in [0.717, 1.165) is 56.0 Å². The average Bonchev–Trinajstić information content (AvgIpc) is 2.57. The van der Waals surface area contributed by atoms with E-state index >= 15 is 0 Å². The minimum atomic E-state index is 0.0712. The molecule has 22 heavy (non-hydrogen) atoms. The van der Waals surface area contributed by atoms with E-state index in [9.17, 15) is 4.79 Å². The molecule has 5 nitrogen and oxygen atoms in total. The summed E-state index contributed by atoms with van der Waals surface area (Å²) in [7, 11) is 0. The second kappa shape index (κ2) is 6.48. The maximum Gasteiger partial charge on any atom is 0.193 e. The largest absolute Gasteiger partial charge is 0.383 e. The van der Waals surface area contributed by atoms with Crippen LogP contribution in [0, 0.1) is 12.8 Å². The summed E-state index contributed by atoms with van der Waals surface area (Å²) >= 11 is 0. The van der Waals surface area contributed by atoms with Gasteiger partial charge in [0.05, 0.1) is 17.3 Å². The minimum absolute atomic E-state index is 0.0712. The van der Waals surface area contributed by atoms with E-state index in [0.29, 0.717) is 11.3 Å². The number of hydrogen-bond donors (Lipinski definition) is 1. The molecule has 1 N–H and O–H groups in total. The molecule has 118 valence electrons. The molecule has 0 bridgehead atoms. The van der Waals surface area contributed by atoms with Crippen molar-refractivity contribution in [3.63, 3.8) is 0 Å². The van der Waals surface area contributed by atoms with Gasteiger partial charge in [0.1, 0.15) is 5.65 Å². The van der Waals surface area contributed by atoms with Crippen LogP contribution in [0.4, 0.5) is 5.69 Å². The molecule has 5 heteroatoms. The molecular formula is C17H23N3O2. The molecule has 0 spiro atoms. The van der Waals surface area contributed by atoms with E-state index in [1.807, 2.05) is 30.0 Å². The van der Waals surface area contributed by atoms with Gasteiger partial charge in [-0.15, -0.1) is 0 Å². The molecule has 0 aliphatic carbocycles. The van der Waals surface area contributed by atoms with Crippen LogP contribution in [0.2, 0.25) is 0 Å². The summed E-state index contributed by atoms with van der Waals surface area (Å²) in [5.41, 5.74) is 2.51. The molecule has 3 rings (SSSR count). The molecular weight excluding hydrogens is 278 g/mol. The average molecular weight is 301 g/mol. The van der Waals surface area contributed by atoms with Crippen molar-refractivity contribution >= 4 is 16.7 Å². The fraction of sp³-hybridized carbons (Fsp3) is 0.529. The van der Waals surface area contributed by atoms with Crippen LogP contribution in [-0.2, 0) is 11.3 Å². The van der Waals surface area contributed by atoms with Crippen molar-refractivity contribution in [3.05, 3.63) is 34.2 Å². The Morgan fingerprint density at radius 1 is 1.41 bits per heavy atom. The van der Waals surface area contributed by atoms with Crippen LogP contribution >= 0.6 is 0 Å². The number of nitrogens with zero attached hydrogens (tertiary/aromatic N) is 2. The number of aromatic nitrogens is 2. The van der Waals surface area contributed by atoms with E-state index in [1.165, 1.54) is 0 Å². The first kappa shape index (κ1) is 15.0. The number of anilines is 1. The van der Waals surface area contributed by atoms with Gasteiger partial charge in [-0.25, -0.2) is 4.98 Å². The third kappa shape index (κ3) is 2.99. The third-order valence-electron chi connectivity index (χ3n) is 4.37. The molecule has 1 saturated heterocycles. The normalized spacial score (nSPS) is 16.1. The molecule has 1 fully saturated rings. The maximum absolute atomic E-state index is 12.4. The van der Waals surface area contributed by atoms with Gasteiger partial charge in [-0.05, 0) is 38.7 Å². The zero-order valence-corrected chi connectivity index (χ0v) is 13.3. The van der Waals surface area contributed by atoms with Gasteiger partial charge in [-0.3, -0.25) is 4.79 Å². The van der Waals surface area contributed by atoms with Gasteiger partial charge >= 0.3 is 0 Å². The lowest BCUT2D eigenvalue weighted by molar-refractivity contribution is 0.0699. The summed E-state index contributed by atoms with van der Waals surface area (Å²) in [6.07, 6.45) is 5.89. The lowest BCUT2D eigenvalue weighted by Gasteiger charge is -2.22. The summed E-state index contributed by atoms with van der Waals surface area (Å²) < 4.78 is 7.40. The standard InChI is InChI=1S/C17H23N3O2/c1-3-20-11-12(2)16(21)15-8-14(10-19-17(15)20)18-9-13-4-6-22-7-5-13/h8,10-11,13,18H,3-7,9H2,1-2H3. The number of rotatable bonds is 4. The van der Waals surface area contributed by atoms with Crippen LogP contribution in [0.25, 0.3) is 11.0 Å². The van der Waals surface area contributed by atoms with E-state index in [4.69, 9.17) is 4.74 Å². The first-order chi connectivity index (χ1) is 10.7. The number of nitrogens with one attached hydrogen (secondary N) is 1. The summed E-state index contributed by atoms with van der Waals surface area (Å²) in [4.78, 5) is 16.9. The van der Waals surface area contributed by atoms with Crippen molar-refractivity contribution in [1.82, 2.24) is 9.55 Å². The SMILES string of the molecule is CCn1cc(C)c(=O)c2cc(NCC3CCOCC3)cnc21. The molecule has 0 saturated carbocycles. The highest BCUT2D eigenvalue weighted by Gasteiger charge is 2.14. The lowest BCUT2D eigenvalue weighted by atomic mass is 10.0. The second-order valence-corrected chi connectivity index (χ2v) is 5.96. The Bertz CT molecular complexity index is 718. The number of pyridine rings is 2. The molecule has 0 amide bonds. The van der Waals surface area contributed by atoms with Crippen LogP contribution in [0.3, 0.4) is 0 Å². The Morgan fingerprint density at radius 2 is 2.18 bits per heavy atom. The smallest absolute Gasteiger partial charge is 0.193 e. The highest BCUT2D eigenvalue weighted by molar-refractivity contribution is 5.79. The molecule has 1 aliphatic heterocycles. The van der Waals surface area contributed by atoms with Gasteiger partial charge in [0, 0.05) is 38.1 Å². The predicted octanol–water partition coefficient (Wildman–Crippen LogP) is 2.56. The van der Waals surface area contributed by atoms with Gasteiger partial charge in [0.15, 0.2) is 5.43 Å². The molecule has 2 aromatic heterocycles. The van der Waals surface area contributed by atoms with Crippen LogP contribution < -0.4 is 10.7 Å².